The molecule has 1 unspecified atom stereocenters. The van der Waals surface area contributed by atoms with Crippen molar-refractivity contribution in [1.82, 2.24) is 5.32 Å². The number of carbonyl (C=O) groups excluding carboxylic acids is 1. The van der Waals surface area contributed by atoms with Gasteiger partial charge in [-0.1, -0.05) is 6.07 Å². The number of benzene rings is 1. The first-order valence-corrected chi connectivity index (χ1v) is 5.97. The number of nitrogens with one attached hydrogen (secondary N) is 1. The lowest BCUT2D eigenvalue weighted by Gasteiger charge is -2.21. The highest BCUT2D eigenvalue weighted by atomic mass is 19.1. The molecule has 2 amide bonds. The smallest absolute Gasteiger partial charge is 0.326 e. The second-order valence-corrected chi connectivity index (χ2v) is 4.16. The Morgan fingerprint density at radius 1 is 1.50 bits per heavy atom. The maximum absolute atomic E-state index is 13.1. The van der Waals surface area contributed by atoms with E-state index >= 15 is 0 Å². The Morgan fingerprint density at radius 2 is 2.20 bits per heavy atom. The first kappa shape index (κ1) is 15.9. The summed E-state index contributed by atoms with van der Waals surface area (Å²) in [6.45, 7) is 0.209. The highest BCUT2D eigenvalue weighted by molar-refractivity contribution is 5.93. The predicted molar refractivity (Wildman–Crippen MR) is 71.3 cm³/mol. The van der Waals surface area contributed by atoms with E-state index < -0.39 is 23.9 Å². The van der Waals surface area contributed by atoms with Crippen molar-refractivity contribution in [2.24, 2.45) is 0 Å². The largest absolute Gasteiger partial charge is 0.480 e. The van der Waals surface area contributed by atoms with Gasteiger partial charge in [0.25, 0.3) is 0 Å². The van der Waals surface area contributed by atoms with Crippen LogP contribution < -0.4 is 10.2 Å². The molecule has 1 atom stereocenters. The van der Waals surface area contributed by atoms with Crippen LogP contribution in [-0.2, 0) is 9.53 Å². The van der Waals surface area contributed by atoms with Crippen LogP contribution in [0.5, 0.6) is 0 Å². The van der Waals surface area contributed by atoms with Gasteiger partial charge in [0.1, 0.15) is 11.9 Å². The third-order valence-electron chi connectivity index (χ3n) is 2.71. The minimum absolute atomic E-state index is 0.147. The van der Waals surface area contributed by atoms with Crippen LogP contribution in [0.15, 0.2) is 24.3 Å². The zero-order valence-electron chi connectivity index (χ0n) is 11.3. The molecule has 0 bridgehead atoms. The summed E-state index contributed by atoms with van der Waals surface area (Å²) in [5, 5.41) is 11.4. The highest BCUT2D eigenvalue weighted by Gasteiger charge is 2.22. The zero-order chi connectivity index (χ0) is 15.1. The second kappa shape index (κ2) is 7.44. The van der Waals surface area contributed by atoms with Gasteiger partial charge in [-0.2, -0.15) is 0 Å². The van der Waals surface area contributed by atoms with E-state index in [1.54, 1.807) is 6.07 Å². The first-order valence-electron chi connectivity index (χ1n) is 5.97. The lowest BCUT2D eigenvalue weighted by Crippen LogP contribution is -2.47. The quantitative estimate of drug-likeness (QED) is 0.829. The molecule has 20 heavy (non-hydrogen) atoms. The van der Waals surface area contributed by atoms with Gasteiger partial charge >= 0.3 is 12.0 Å². The van der Waals surface area contributed by atoms with Gasteiger partial charge in [-0.15, -0.1) is 0 Å². The number of methoxy groups -OCH3 is 1. The Morgan fingerprint density at radius 3 is 2.75 bits per heavy atom. The minimum Gasteiger partial charge on any atom is -0.480 e. The van der Waals surface area contributed by atoms with Gasteiger partial charge in [-0.25, -0.2) is 14.0 Å². The van der Waals surface area contributed by atoms with Crippen LogP contribution in [0.4, 0.5) is 14.9 Å². The fourth-order valence-electron chi connectivity index (χ4n) is 1.54. The summed E-state index contributed by atoms with van der Waals surface area (Å²) in [5.74, 6) is -1.63. The normalized spacial score (nSPS) is 11.8. The van der Waals surface area contributed by atoms with Gasteiger partial charge in [0.05, 0.1) is 0 Å². The number of anilines is 1. The number of nitrogens with zero attached hydrogens (tertiary/aromatic N) is 1. The number of rotatable bonds is 6. The maximum atomic E-state index is 13.1. The van der Waals surface area contributed by atoms with E-state index in [9.17, 15) is 14.0 Å². The number of urea groups is 1. The summed E-state index contributed by atoms with van der Waals surface area (Å²) in [5.41, 5.74) is 0.332. The van der Waals surface area contributed by atoms with Crippen LogP contribution in [-0.4, -0.2) is 43.9 Å². The average molecular weight is 284 g/mol. The van der Waals surface area contributed by atoms with Crippen molar-refractivity contribution in [2.45, 2.75) is 12.5 Å². The fourth-order valence-corrected chi connectivity index (χ4v) is 1.54. The van der Waals surface area contributed by atoms with Gasteiger partial charge < -0.3 is 15.2 Å². The summed E-state index contributed by atoms with van der Waals surface area (Å²) in [4.78, 5) is 24.1. The van der Waals surface area contributed by atoms with Crippen molar-refractivity contribution in [1.29, 1.82) is 0 Å². The molecule has 0 fully saturated rings. The van der Waals surface area contributed by atoms with Gasteiger partial charge in [0, 0.05) is 32.9 Å². The standard InChI is InChI=1S/C13H17FN2O4/c1-16(10-5-3-4-9(14)8-10)13(19)15-11(12(17)18)6-7-20-2/h3-5,8,11H,6-7H2,1-2H3,(H,15,19)(H,17,18). The molecule has 2 N–H and O–H groups in total. The third kappa shape index (κ3) is 4.51. The van der Waals surface area contributed by atoms with E-state index in [2.05, 4.69) is 5.32 Å². The number of carbonyl (C=O) groups is 2. The first-order chi connectivity index (χ1) is 9.45. The second-order valence-electron chi connectivity index (χ2n) is 4.16. The SMILES string of the molecule is COCCC(NC(=O)N(C)c1cccc(F)c1)C(=O)O. The maximum Gasteiger partial charge on any atom is 0.326 e. The number of amides is 2. The van der Waals surface area contributed by atoms with Crippen LogP contribution in [0.2, 0.25) is 0 Å². The van der Waals surface area contributed by atoms with Crippen LogP contribution in [0.25, 0.3) is 0 Å². The molecule has 0 aliphatic carbocycles. The van der Waals surface area contributed by atoms with E-state index in [4.69, 9.17) is 9.84 Å². The van der Waals surface area contributed by atoms with Gasteiger partial charge in [-0.3, -0.25) is 4.90 Å². The monoisotopic (exact) mass is 284 g/mol. The lowest BCUT2D eigenvalue weighted by atomic mass is 10.2. The van der Waals surface area contributed by atoms with Crippen molar-refractivity contribution in [3.8, 4) is 0 Å². The summed E-state index contributed by atoms with van der Waals surface area (Å²) in [6.07, 6.45) is 0.147. The molecule has 0 aliphatic rings. The molecule has 0 saturated carbocycles. The topological polar surface area (TPSA) is 78.9 Å². The molecular weight excluding hydrogens is 267 g/mol. The number of carboxylic acid groups (broad SMARTS) is 1. The summed E-state index contributed by atoms with van der Waals surface area (Å²) in [6, 6.07) is 3.78. The summed E-state index contributed by atoms with van der Waals surface area (Å²) in [7, 11) is 2.87. The summed E-state index contributed by atoms with van der Waals surface area (Å²) >= 11 is 0. The van der Waals surface area contributed by atoms with E-state index in [1.165, 1.54) is 32.4 Å². The number of aliphatic carboxylic acids is 1. The van der Waals surface area contributed by atoms with Crippen molar-refractivity contribution in [2.75, 3.05) is 25.7 Å². The van der Waals surface area contributed by atoms with Gasteiger partial charge in [-0.05, 0) is 18.2 Å². The van der Waals surface area contributed by atoms with Crippen molar-refractivity contribution in [3.63, 3.8) is 0 Å². The molecule has 1 aromatic carbocycles. The fraction of sp³-hybridized carbons (Fsp3) is 0.385. The molecule has 110 valence electrons. The highest BCUT2D eigenvalue weighted by Crippen LogP contribution is 2.14. The van der Waals surface area contributed by atoms with Crippen LogP contribution in [0.1, 0.15) is 6.42 Å². The molecule has 1 aromatic rings. The number of carboxylic acids is 1. The van der Waals surface area contributed by atoms with Crippen molar-refractivity contribution >= 4 is 17.7 Å². The molecular formula is C13H17FN2O4. The molecule has 0 aromatic heterocycles. The lowest BCUT2D eigenvalue weighted by molar-refractivity contribution is -0.139. The van der Waals surface area contributed by atoms with Crippen LogP contribution in [0.3, 0.4) is 0 Å². The zero-order valence-corrected chi connectivity index (χ0v) is 11.3. The molecule has 0 heterocycles. The number of halogens is 1. The Balaban J connectivity index is 2.70. The molecule has 7 heteroatoms. The molecule has 0 spiro atoms. The molecule has 6 nitrogen and oxygen atoms in total. The van der Waals surface area contributed by atoms with Gasteiger partial charge in [0.15, 0.2) is 0 Å². The van der Waals surface area contributed by atoms with Crippen LogP contribution >= 0.6 is 0 Å². The molecule has 0 aliphatic heterocycles. The minimum atomic E-state index is -1.15. The number of hydrogen-bond donors (Lipinski definition) is 2. The Hall–Kier alpha value is -2.15. The predicted octanol–water partition coefficient (Wildman–Crippen LogP) is 1.46. The third-order valence-corrected chi connectivity index (χ3v) is 2.71. The Bertz CT molecular complexity index is 481. The van der Waals surface area contributed by atoms with Crippen LogP contribution in [0, 0.1) is 5.82 Å². The number of ether oxygens (including phenoxy) is 1. The molecule has 1 rings (SSSR count). The van der Waals surface area contributed by atoms with Crippen molar-refractivity contribution < 1.29 is 23.8 Å². The van der Waals surface area contributed by atoms with E-state index in [0.29, 0.717) is 5.69 Å². The van der Waals surface area contributed by atoms with E-state index in [1.807, 2.05) is 0 Å². The van der Waals surface area contributed by atoms with Crippen molar-refractivity contribution in [3.05, 3.63) is 30.1 Å². The number of hydrogen-bond acceptors (Lipinski definition) is 3. The molecule has 0 saturated heterocycles. The van der Waals surface area contributed by atoms with E-state index in [-0.39, 0.29) is 13.0 Å². The Kier molecular flexibility index (Phi) is 5.92. The van der Waals surface area contributed by atoms with Gasteiger partial charge in [0.2, 0.25) is 0 Å². The average Bonchev–Trinajstić information content (AvgIpc) is 2.42. The summed E-state index contributed by atoms with van der Waals surface area (Å²) < 4.78 is 17.9. The molecule has 0 radical (unpaired) electrons. The van der Waals surface area contributed by atoms with E-state index in [0.717, 1.165) is 4.90 Å². The Labute approximate surface area is 116 Å².